The van der Waals surface area contributed by atoms with E-state index in [-0.39, 0.29) is 73.1 Å². The highest BCUT2D eigenvalue weighted by Gasteiger charge is 2.64. The lowest BCUT2D eigenvalue weighted by Crippen LogP contribution is -2.68. The van der Waals surface area contributed by atoms with E-state index in [4.69, 9.17) is 0 Å². The summed E-state index contributed by atoms with van der Waals surface area (Å²) in [6, 6.07) is -8.40. The summed E-state index contributed by atoms with van der Waals surface area (Å²) >= 11 is 0. The number of fused-ring (bicyclic) bond motifs is 12. The summed E-state index contributed by atoms with van der Waals surface area (Å²) in [5, 5.41) is 102. The minimum Gasteiger partial charge on any atom is -0.392 e. The molecule has 10 rings (SSSR count). The van der Waals surface area contributed by atoms with Gasteiger partial charge < -0.3 is 93.6 Å². The van der Waals surface area contributed by atoms with Crippen LogP contribution < -0.4 is 64.0 Å². The molecule has 2 aromatic rings. The van der Waals surface area contributed by atoms with Gasteiger partial charge in [-0.3, -0.25) is 67.6 Å². The molecule has 8 aliphatic heterocycles. The Balaban J connectivity index is 1.01. The minimum absolute atomic E-state index is 0.0191. The third-order valence-corrected chi connectivity index (χ3v) is 21.6. The first kappa shape index (κ1) is 79.9. The van der Waals surface area contributed by atoms with Crippen molar-refractivity contribution in [3.8, 4) is 11.1 Å². The number of carbonyl (C=O) groups is 12. The van der Waals surface area contributed by atoms with Crippen molar-refractivity contribution in [2.45, 2.75) is 256 Å². The molecule has 582 valence electrons. The predicted octanol–water partition coefficient (Wildman–Crippen LogP) is -3.25. The van der Waals surface area contributed by atoms with E-state index in [2.05, 4.69) is 64.0 Å². The summed E-state index contributed by atoms with van der Waals surface area (Å²) in [5.41, 5.74) is 2.83. The second-order valence-corrected chi connectivity index (χ2v) is 32.1. The lowest BCUT2D eigenvalue weighted by Gasteiger charge is -2.40. The molecule has 20 atom stereocenters. The van der Waals surface area contributed by atoms with Crippen molar-refractivity contribution in [2.24, 2.45) is 35.5 Å². The van der Waals surface area contributed by atoms with Crippen LogP contribution in [0.2, 0.25) is 0 Å². The van der Waals surface area contributed by atoms with Crippen molar-refractivity contribution >= 4 is 82.3 Å². The SMILES string of the molecule is CC(C)C[C@@H]1NC(=O)[C@H]2C[C@@H](O)CNN2C(=O)[C@H](C(C)C)NC(=O)[C@@H](C(C)C)NC(=O)[C@@H]2C[C@@]3(O)c4cc(-c5ccc6c(c5)[C@]5(O)C[C@H]7C(=O)N[C@H](C(C)C)C(=O)N[C@@H](C(C)C)C(=O)N8NC[C@H](O)C[C@@H]8C(=O)N[C@@H](CC(C)C)C(=O)N[C@H]([C@H](C)O)C(=O)N7[C@@H]5N6)ccc4N[C@H]3N2C(=O)[C@@H]([C@H](C)O)NC1=O. The van der Waals surface area contributed by atoms with Gasteiger partial charge in [0.25, 0.3) is 11.8 Å². The van der Waals surface area contributed by atoms with Crippen LogP contribution in [0.5, 0.6) is 0 Å². The first-order valence-corrected chi connectivity index (χ1v) is 36.9. The summed E-state index contributed by atoms with van der Waals surface area (Å²) in [6.45, 7) is 22.4. The monoisotopic (exact) mass is 1480 g/mol. The first-order valence-electron chi connectivity index (χ1n) is 36.9. The highest BCUT2D eigenvalue weighted by molar-refractivity contribution is 6.02. The largest absolute Gasteiger partial charge is 0.392 e. The summed E-state index contributed by atoms with van der Waals surface area (Å²) in [6.07, 6.45) is -10.3. The van der Waals surface area contributed by atoms with Crippen LogP contribution in [-0.2, 0) is 68.7 Å². The number of anilines is 2. The normalized spacial score (nSPS) is 33.7. The van der Waals surface area contributed by atoms with E-state index in [9.17, 15) is 69.0 Å². The van der Waals surface area contributed by atoms with Crippen LogP contribution in [0.1, 0.15) is 147 Å². The van der Waals surface area contributed by atoms with Gasteiger partial charge in [0.05, 0.1) is 24.4 Å². The lowest BCUT2D eigenvalue weighted by atomic mass is 9.86. The number of aliphatic hydroxyl groups excluding tert-OH is 4. The van der Waals surface area contributed by atoms with Crippen molar-refractivity contribution in [2.75, 3.05) is 23.7 Å². The molecule has 0 radical (unpaired) electrons. The van der Waals surface area contributed by atoms with Crippen LogP contribution in [0.15, 0.2) is 36.4 Å². The molecule has 18 N–H and O–H groups in total. The maximum atomic E-state index is 15.6. The van der Waals surface area contributed by atoms with Crippen molar-refractivity contribution in [3.05, 3.63) is 47.5 Å². The van der Waals surface area contributed by atoms with Crippen LogP contribution in [-0.4, -0.2) is 244 Å². The molecule has 0 saturated carbocycles. The van der Waals surface area contributed by atoms with Gasteiger partial charge in [-0.25, -0.2) is 10.9 Å². The molecule has 34 heteroatoms. The van der Waals surface area contributed by atoms with Gasteiger partial charge in [0, 0.05) is 61.3 Å². The number of nitrogens with zero attached hydrogens (tertiary/aromatic N) is 4. The second-order valence-electron chi connectivity index (χ2n) is 32.1. The van der Waals surface area contributed by atoms with Crippen molar-refractivity contribution in [3.63, 3.8) is 0 Å². The molecule has 0 aromatic heterocycles. The molecular weight excluding hydrogens is 1380 g/mol. The van der Waals surface area contributed by atoms with Crippen molar-refractivity contribution < 1.29 is 88.2 Å². The average Bonchev–Trinajstić information content (AvgIpc) is 1.55. The Labute approximate surface area is 615 Å². The Bertz CT molecular complexity index is 3540. The van der Waals surface area contributed by atoms with Gasteiger partial charge >= 0.3 is 0 Å². The number of aliphatic hydroxyl groups is 6. The molecule has 34 nitrogen and oxygen atoms in total. The number of nitrogens with one attached hydrogen (secondary N) is 12. The van der Waals surface area contributed by atoms with Gasteiger partial charge in [-0.15, -0.1) is 0 Å². The van der Waals surface area contributed by atoms with Gasteiger partial charge in [0.15, 0.2) is 0 Å². The molecule has 0 spiro atoms. The van der Waals surface area contributed by atoms with Crippen LogP contribution >= 0.6 is 0 Å². The van der Waals surface area contributed by atoms with E-state index in [1.165, 1.54) is 13.8 Å². The van der Waals surface area contributed by atoms with Crippen molar-refractivity contribution in [1.82, 2.24) is 73.2 Å². The van der Waals surface area contributed by atoms with Crippen LogP contribution in [0.3, 0.4) is 0 Å². The molecule has 106 heavy (non-hydrogen) atoms. The summed E-state index contributed by atoms with van der Waals surface area (Å²) in [5.74, 6) is -13.8. The fourth-order valence-corrected chi connectivity index (χ4v) is 15.8. The number of benzene rings is 2. The zero-order valence-corrected chi connectivity index (χ0v) is 62.3. The van der Waals surface area contributed by atoms with E-state index in [1.807, 2.05) is 0 Å². The van der Waals surface area contributed by atoms with E-state index in [0.717, 1.165) is 19.8 Å². The molecule has 8 heterocycles. The summed E-state index contributed by atoms with van der Waals surface area (Å²) in [4.78, 5) is 180. The molecule has 12 amide bonds. The topological polar surface area (TPSA) is 484 Å². The average molecular weight is 1480 g/mol. The molecule has 6 fully saturated rings. The minimum atomic E-state index is -2.19. The van der Waals surface area contributed by atoms with Gasteiger partial charge in [0.1, 0.15) is 96.0 Å². The number of amides is 12. The fourth-order valence-electron chi connectivity index (χ4n) is 15.8. The van der Waals surface area contributed by atoms with E-state index >= 15 is 19.2 Å². The first-order chi connectivity index (χ1) is 49.7. The third-order valence-electron chi connectivity index (χ3n) is 21.6. The molecule has 8 aliphatic rings. The zero-order chi connectivity index (χ0) is 77.9. The van der Waals surface area contributed by atoms with Gasteiger partial charge in [-0.05, 0) is 97.6 Å². The Morgan fingerprint density at radius 3 is 1.01 bits per heavy atom. The number of rotatable bonds is 11. The Morgan fingerprint density at radius 2 is 0.698 bits per heavy atom. The van der Waals surface area contributed by atoms with E-state index in [0.29, 0.717) is 11.1 Å². The van der Waals surface area contributed by atoms with E-state index < -0.39 is 228 Å². The third kappa shape index (κ3) is 15.6. The molecule has 2 aromatic carbocycles. The molecule has 0 bridgehead atoms. The van der Waals surface area contributed by atoms with Crippen LogP contribution in [0.4, 0.5) is 11.4 Å². The number of carbonyl (C=O) groups excluding carboxylic acids is 12. The number of hydrazine groups is 2. The highest BCUT2D eigenvalue weighted by atomic mass is 16.3. The van der Waals surface area contributed by atoms with Gasteiger partial charge in [-0.2, -0.15) is 0 Å². The maximum Gasteiger partial charge on any atom is 0.260 e. The summed E-state index contributed by atoms with van der Waals surface area (Å²) < 4.78 is 0. The van der Waals surface area contributed by atoms with Crippen LogP contribution in [0.25, 0.3) is 11.1 Å². The Morgan fingerprint density at radius 1 is 0.387 bits per heavy atom. The smallest absolute Gasteiger partial charge is 0.260 e. The van der Waals surface area contributed by atoms with E-state index in [1.54, 1.807) is 119 Å². The Kier molecular flexibility index (Phi) is 23.6. The molecule has 0 unspecified atom stereocenters. The molecule has 6 saturated heterocycles. The number of hydrogen-bond acceptors (Lipinski definition) is 22. The maximum absolute atomic E-state index is 15.6. The molecular formula is C72H106N16O18. The molecule has 0 aliphatic carbocycles. The predicted molar refractivity (Wildman–Crippen MR) is 381 cm³/mol. The number of hydrogen-bond donors (Lipinski definition) is 18. The second kappa shape index (κ2) is 31.3. The number of β-amino-alcohol motifs (C(OH)–C–C–N with tert-alkyl or cyclic N) is 2. The lowest BCUT2D eigenvalue weighted by molar-refractivity contribution is -0.154. The quantitative estimate of drug-likeness (QED) is 0.105. The standard InChI is InChI=1S/C72H106N16O18/c1-29(2)19-45-57(93)83-55(35(13)89)65(101)85-49(61(97)79-51(31(5)6)63(99)81-53(33(9)10)67(103)87-47(59(95)75-45)23-39(91)27-73-87)25-71(105)41-21-37(15-17-43(41)77-69(71)85)38-16-18-44-42(22-38)72(106)26-50-62(98)80-52(32(7)8)64(100)82-54(34(11)12)68(104)88-48(24-40(92)28-74-88)60(96)76-46(20-30(3)4)58(94)84-56(36(14)90)66(102)86(50)70(72)78-44/h15-18,21-22,29-36,39-40,45-56,69-70,73-74,77-78,89-92,105-106H,19-20,23-28H2,1-14H3,(H,75,95)(H,76,96)(H,79,97)(H,80,98)(H,81,99)(H,82,100)(H,83,93)(H,84,94)/t35-,36-,39+,40+,45-,46-,47+,48+,49-,50-,51+,52+,53-,54-,55+,56+,69-,70-,71+,72+/m0/s1. The van der Waals surface area contributed by atoms with Gasteiger partial charge in [-0.1, -0.05) is 95.2 Å². The van der Waals surface area contributed by atoms with Gasteiger partial charge in [0.2, 0.25) is 59.1 Å². The highest BCUT2D eigenvalue weighted by Crippen LogP contribution is 2.53. The van der Waals surface area contributed by atoms with Crippen LogP contribution in [0, 0.1) is 35.5 Å². The Hall–Kier alpha value is -8.64. The zero-order valence-electron chi connectivity index (χ0n) is 62.3. The fraction of sp³-hybridized carbons (Fsp3) is 0.667. The summed E-state index contributed by atoms with van der Waals surface area (Å²) in [7, 11) is 0. The van der Waals surface area contributed by atoms with Crippen molar-refractivity contribution in [1.29, 1.82) is 0 Å².